The first-order chi connectivity index (χ1) is 7.80. The van der Waals surface area contributed by atoms with Gasteiger partial charge in [0.15, 0.2) is 0 Å². The third-order valence-electron chi connectivity index (χ3n) is 2.22. The molecule has 0 aliphatic carbocycles. The molecule has 0 radical (unpaired) electrons. The zero-order chi connectivity index (χ0) is 13.1. The SMILES string of the molecule is CC(C)(C)N(NCc1ccc(F)cc1)C(=O)O. The molecular formula is C12H17FN2O2. The molecule has 0 fully saturated rings. The third kappa shape index (κ3) is 4.03. The van der Waals surface area contributed by atoms with Crippen LogP contribution in [0.25, 0.3) is 0 Å². The molecule has 0 aromatic heterocycles. The first-order valence-corrected chi connectivity index (χ1v) is 5.32. The number of rotatable bonds is 3. The molecule has 0 atom stereocenters. The van der Waals surface area contributed by atoms with Crippen LogP contribution in [0, 0.1) is 5.82 Å². The lowest BCUT2D eigenvalue weighted by molar-refractivity contribution is 0.0624. The Morgan fingerprint density at radius 3 is 2.29 bits per heavy atom. The third-order valence-corrected chi connectivity index (χ3v) is 2.22. The quantitative estimate of drug-likeness (QED) is 0.798. The van der Waals surface area contributed by atoms with Gasteiger partial charge in [-0.2, -0.15) is 0 Å². The summed E-state index contributed by atoms with van der Waals surface area (Å²) >= 11 is 0. The smallest absolute Gasteiger partial charge is 0.422 e. The predicted octanol–water partition coefficient (Wildman–Crippen LogP) is 2.61. The van der Waals surface area contributed by atoms with Crippen LogP contribution in [-0.2, 0) is 6.54 Å². The van der Waals surface area contributed by atoms with Gasteiger partial charge in [0, 0.05) is 6.54 Å². The number of hydrogen-bond donors (Lipinski definition) is 2. The summed E-state index contributed by atoms with van der Waals surface area (Å²) in [6.07, 6.45) is -1.04. The number of hydrogen-bond acceptors (Lipinski definition) is 2. The second-order valence-corrected chi connectivity index (χ2v) is 4.75. The molecule has 5 heteroatoms. The largest absolute Gasteiger partial charge is 0.464 e. The molecule has 2 N–H and O–H groups in total. The molecule has 1 rings (SSSR count). The molecule has 0 aliphatic heterocycles. The summed E-state index contributed by atoms with van der Waals surface area (Å²) < 4.78 is 12.7. The molecule has 0 unspecified atom stereocenters. The second-order valence-electron chi connectivity index (χ2n) is 4.75. The van der Waals surface area contributed by atoms with E-state index in [0.717, 1.165) is 10.6 Å². The number of carbonyl (C=O) groups is 1. The van der Waals surface area contributed by atoms with Crippen molar-refractivity contribution in [2.75, 3.05) is 0 Å². The molecule has 94 valence electrons. The van der Waals surface area contributed by atoms with E-state index in [1.807, 2.05) is 0 Å². The Labute approximate surface area is 100 Å². The highest BCUT2D eigenvalue weighted by molar-refractivity contribution is 5.65. The predicted molar refractivity (Wildman–Crippen MR) is 62.9 cm³/mol. The fourth-order valence-corrected chi connectivity index (χ4v) is 1.36. The average Bonchev–Trinajstić information content (AvgIpc) is 2.18. The number of carboxylic acid groups (broad SMARTS) is 1. The van der Waals surface area contributed by atoms with Crippen molar-refractivity contribution in [2.45, 2.75) is 32.9 Å². The van der Waals surface area contributed by atoms with Gasteiger partial charge < -0.3 is 5.11 Å². The fraction of sp³-hybridized carbons (Fsp3) is 0.417. The monoisotopic (exact) mass is 240 g/mol. The zero-order valence-electron chi connectivity index (χ0n) is 10.2. The van der Waals surface area contributed by atoms with E-state index in [4.69, 9.17) is 5.11 Å². The van der Waals surface area contributed by atoms with Crippen molar-refractivity contribution in [3.63, 3.8) is 0 Å². The maximum atomic E-state index is 12.7. The number of amides is 1. The highest BCUT2D eigenvalue weighted by Crippen LogP contribution is 2.11. The van der Waals surface area contributed by atoms with Crippen LogP contribution in [-0.4, -0.2) is 21.7 Å². The first-order valence-electron chi connectivity index (χ1n) is 5.32. The fourth-order valence-electron chi connectivity index (χ4n) is 1.36. The summed E-state index contributed by atoms with van der Waals surface area (Å²) in [6.45, 7) is 5.71. The standard InChI is InChI=1S/C12H17FN2O2/c1-12(2,3)15(11(16)17)14-8-9-4-6-10(13)7-5-9/h4-7,14H,8H2,1-3H3,(H,16,17). The topological polar surface area (TPSA) is 52.6 Å². The summed E-state index contributed by atoms with van der Waals surface area (Å²) in [5.74, 6) is -0.306. The first kappa shape index (κ1) is 13.4. The van der Waals surface area contributed by atoms with E-state index in [0.29, 0.717) is 6.54 Å². The van der Waals surface area contributed by atoms with Gasteiger partial charge >= 0.3 is 6.09 Å². The van der Waals surface area contributed by atoms with Gasteiger partial charge in [-0.05, 0) is 38.5 Å². The Bertz CT molecular complexity index is 384. The van der Waals surface area contributed by atoms with Crippen LogP contribution >= 0.6 is 0 Å². The summed E-state index contributed by atoms with van der Waals surface area (Å²) in [6, 6.07) is 5.93. The number of hydrazine groups is 1. The minimum atomic E-state index is -1.04. The highest BCUT2D eigenvalue weighted by atomic mass is 19.1. The Morgan fingerprint density at radius 2 is 1.88 bits per heavy atom. The lowest BCUT2D eigenvalue weighted by Crippen LogP contribution is -2.52. The van der Waals surface area contributed by atoms with Crippen molar-refractivity contribution >= 4 is 6.09 Å². The van der Waals surface area contributed by atoms with Crippen molar-refractivity contribution in [1.82, 2.24) is 10.4 Å². The lowest BCUT2D eigenvalue weighted by atomic mass is 10.1. The van der Waals surface area contributed by atoms with Crippen molar-refractivity contribution in [1.29, 1.82) is 0 Å². The summed E-state index contributed by atoms with van der Waals surface area (Å²) in [7, 11) is 0. The van der Waals surface area contributed by atoms with Crippen LogP contribution < -0.4 is 5.43 Å². The van der Waals surface area contributed by atoms with Crippen LogP contribution in [0.1, 0.15) is 26.3 Å². The minimum absolute atomic E-state index is 0.306. The number of nitrogens with one attached hydrogen (secondary N) is 1. The number of halogens is 1. The van der Waals surface area contributed by atoms with Gasteiger partial charge in [-0.3, -0.25) is 0 Å². The molecular weight excluding hydrogens is 223 g/mol. The van der Waals surface area contributed by atoms with Gasteiger partial charge in [-0.25, -0.2) is 19.6 Å². The van der Waals surface area contributed by atoms with E-state index in [2.05, 4.69) is 5.43 Å². The van der Waals surface area contributed by atoms with Crippen molar-refractivity contribution in [2.24, 2.45) is 0 Å². The van der Waals surface area contributed by atoms with E-state index < -0.39 is 11.6 Å². The molecule has 17 heavy (non-hydrogen) atoms. The Balaban J connectivity index is 2.65. The number of benzene rings is 1. The summed E-state index contributed by atoms with van der Waals surface area (Å²) in [5, 5.41) is 10.2. The van der Waals surface area contributed by atoms with Gasteiger partial charge in [0.1, 0.15) is 5.82 Å². The molecule has 0 heterocycles. The maximum Gasteiger partial charge on any atom is 0.422 e. The lowest BCUT2D eigenvalue weighted by Gasteiger charge is -2.33. The minimum Gasteiger partial charge on any atom is -0.464 e. The molecule has 0 spiro atoms. The Kier molecular flexibility index (Phi) is 4.07. The molecule has 0 saturated heterocycles. The van der Waals surface area contributed by atoms with E-state index in [1.54, 1.807) is 32.9 Å². The van der Waals surface area contributed by atoms with Crippen LogP contribution in [0.2, 0.25) is 0 Å². The molecule has 1 aromatic rings. The molecule has 0 saturated carbocycles. The van der Waals surface area contributed by atoms with Gasteiger partial charge in [-0.1, -0.05) is 12.1 Å². The highest BCUT2D eigenvalue weighted by Gasteiger charge is 2.25. The molecule has 1 amide bonds. The normalized spacial score (nSPS) is 11.3. The maximum absolute atomic E-state index is 12.7. The second kappa shape index (κ2) is 5.14. The number of nitrogens with zero attached hydrogens (tertiary/aromatic N) is 1. The van der Waals surface area contributed by atoms with E-state index in [1.165, 1.54) is 12.1 Å². The van der Waals surface area contributed by atoms with Crippen LogP contribution in [0.3, 0.4) is 0 Å². The van der Waals surface area contributed by atoms with Crippen LogP contribution in [0.15, 0.2) is 24.3 Å². The van der Waals surface area contributed by atoms with Crippen molar-refractivity contribution < 1.29 is 14.3 Å². The van der Waals surface area contributed by atoms with E-state index in [9.17, 15) is 9.18 Å². The molecule has 0 bridgehead atoms. The van der Waals surface area contributed by atoms with E-state index in [-0.39, 0.29) is 5.82 Å². The Hall–Kier alpha value is -1.62. The van der Waals surface area contributed by atoms with Gasteiger partial charge in [-0.15, -0.1) is 0 Å². The molecule has 4 nitrogen and oxygen atoms in total. The zero-order valence-corrected chi connectivity index (χ0v) is 10.2. The van der Waals surface area contributed by atoms with Crippen molar-refractivity contribution in [3.05, 3.63) is 35.6 Å². The summed E-state index contributed by atoms with van der Waals surface area (Å²) in [4.78, 5) is 11.0. The Morgan fingerprint density at radius 1 is 1.35 bits per heavy atom. The van der Waals surface area contributed by atoms with Gasteiger partial charge in [0.2, 0.25) is 0 Å². The molecule has 0 aliphatic rings. The summed E-state index contributed by atoms with van der Waals surface area (Å²) in [5.41, 5.74) is 3.09. The molecule has 1 aromatic carbocycles. The van der Waals surface area contributed by atoms with Gasteiger partial charge in [0.05, 0.1) is 5.54 Å². The van der Waals surface area contributed by atoms with Crippen molar-refractivity contribution in [3.8, 4) is 0 Å². The van der Waals surface area contributed by atoms with Crippen LogP contribution in [0.4, 0.5) is 9.18 Å². The average molecular weight is 240 g/mol. The van der Waals surface area contributed by atoms with Crippen LogP contribution in [0.5, 0.6) is 0 Å². The van der Waals surface area contributed by atoms with Gasteiger partial charge in [0.25, 0.3) is 0 Å². The van der Waals surface area contributed by atoms with E-state index >= 15 is 0 Å².